The quantitative estimate of drug-likeness (QED) is 0.729. The highest BCUT2D eigenvalue weighted by Crippen LogP contribution is 2.14. The fourth-order valence-electron chi connectivity index (χ4n) is 2.14. The normalized spacial score (nSPS) is 10.9. The summed E-state index contributed by atoms with van der Waals surface area (Å²) in [5, 5.41) is 3.80. The van der Waals surface area contributed by atoms with Gasteiger partial charge in [-0.1, -0.05) is 11.2 Å². The van der Waals surface area contributed by atoms with E-state index in [-0.39, 0.29) is 5.91 Å². The summed E-state index contributed by atoms with van der Waals surface area (Å²) in [5.41, 5.74) is 2.77. The second kappa shape index (κ2) is 4.80. The minimum absolute atomic E-state index is 0.130. The number of fused-ring (bicyclic) bond motifs is 1. The second-order valence-corrected chi connectivity index (χ2v) is 4.63. The fraction of sp³-hybridized carbons (Fsp3) is 0.214. The Hall–Kier alpha value is -2.63. The molecule has 0 aliphatic heterocycles. The van der Waals surface area contributed by atoms with Crippen LogP contribution in [-0.4, -0.2) is 32.4 Å². The lowest BCUT2D eigenvalue weighted by Gasteiger charge is -2.14. The van der Waals surface area contributed by atoms with Crippen LogP contribution in [0.2, 0.25) is 0 Å². The molecule has 3 aromatic heterocycles. The Bertz CT molecular complexity index is 746. The molecule has 6 heteroatoms. The third-order valence-corrected chi connectivity index (χ3v) is 3.21. The molecular formula is C14H14N4O2. The topological polar surface area (TPSA) is 63.6 Å². The van der Waals surface area contributed by atoms with Gasteiger partial charge < -0.3 is 13.8 Å². The molecule has 0 fully saturated rings. The number of imidazole rings is 1. The van der Waals surface area contributed by atoms with Gasteiger partial charge in [-0.3, -0.25) is 4.79 Å². The van der Waals surface area contributed by atoms with Crippen LogP contribution in [0.5, 0.6) is 0 Å². The van der Waals surface area contributed by atoms with Gasteiger partial charge in [-0.25, -0.2) is 4.98 Å². The fourth-order valence-corrected chi connectivity index (χ4v) is 2.14. The van der Waals surface area contributed by atoms with Crippen LogP contribution in [0.25, 0.3) is 5.65 Å². The number of amides is 1. The average molecular weight is 270 g/mol. The maximum atomic E-state index is 12.5. The van der Waals surface area contributed by atoms with E-state index in [9.17, 15) is 4.79 Å². The zero-order valence-corrected chi connectivity index (χ0v) is 11.3. The van der Waals surface area contributed by atoms with Crippen LogP contribution in [0.3, 0.4) is 0 Å². The molecule has 102 valence electrons. The number of aromatic nitrogens is 3. The third-order valence-electron chi connectivity index (χ3n) is 3.21. The van der Waals surface area contributed by atoms with Crippen LogP contribution in [0, 0.1) is 6.92 Å². The van der Waals surface area contributed by atoms with Crippen molar-refractivity contribution in [2.24, 2.45) is 0 Å². The molecule has 1 amide bonds. The number of carbonyl (C=O) groups excluding carboxylic acids is 1. The lowest BCUT2D eigenvalue weighted by molar-refractivity contribution is 0.0776. The standard InChI is InChI=1S/C14H14N4O2/c1-10-13(15-12-5-3-4-7-18(10)12)14(19)17(2)9-11-6-8-20-16-11/h3-8H,9H2,1-2H3. The summed E-state index contributed by atoms with van der Waals surface area (Å²) in [7, 11) is 1.72. The Morgan fingerprint density at radius 1 is 1.40 bits per heavy atom. The van der Waals surface area contributed by atoms with E-state index in [4.69, 9.17) is 4.52 Å². The van der Waals surface area contributed by atoms with Crippen LogP contribution < -0.4 is 0 Å². The summed E-state index contributed by atoms with van der Waals surface area (Å²) in [6.07, 6.45) is 3.38. The Morgan fingerprint density at radius 2 is 2.25 bits per heavy atom. The van der Waals surface area contributed by atoms with Crippen LogP contribution in [0.1, 0.15) is 21.9 Å². The van der Waals surface area contributed by atoms with Crippen molar-refractivity contribution in [1.82, 2.24) is 19.4 Å². The summed E-state index contributed by atoms with van der Waals surface area (Å²) in [6, 6.07) is 7.42. The lowest BCUT2D eigenvalue weighted by Crippen LogP contribution is -2.27. The van der Waals surface area contributed by atoms with Crippen molar-refractivity contribution in [3.63, 3.8) is 0 Å². The number of hydrogen-bond acceptors (Lipinski definition) is 4. The van der Waals surface area contributed by atoms with Crippen molar-refractivity contribution in [2.45, 2.75) is 13.5 Å². The monoisotopic (exact) mass is 270 g/mol. The molecule has 0 unspecified atom stereocenters. The second-order valence-electron chi connectivity index (χ2n) is 4.63. The summed E-state index contributed by atoms with van der Waals surface area (Å²) < 4.78 is 6.66. The first-order valence-corrected chi connectivity index (χ1v) is 6.25. The van der Waals surface area contributed by atoms with Crippen LogP contribution >= 0.6 is 0 Å². The molecule has 0 N–H and O–H groups in total. The van der Waals surface area contributed by atoms with Gasteiger partial charge in [0.1, 0.15) is 23.3 Å². The minimum Gasteiger partial charge on any atom is -0.364 e. The van der Waals surface area contributed by atoms with Crippen molar-refractivity contribution < 1.29 is 9.32 Å². The van der Waals surface area contributed by atoms with Crippen molar-refractivity contribution >= 4 is 11.6 Å². The van der Waals surface area contributed by atoms with Crippen molar-refractivity contribution in [1.29, 1.82) is 0 Å². The van der Waals surface area contributed by atoms with Crippen molar-refractivity contribution in [3.8, 4) is 0 Å². The zero-order chi connectivity index (χ0) is 14.1. The van der Waals surface area contributed by atoms with Crippen LogP contribution in [-0.2, 0) is 6.54 Å². The average Bonchev–Trinajstić information content (AvgIpc) is 3.07. The molecule has 0 aliphatic carbocycles. The van der Waals surface area contributed by atoms with E-state index in [2.05, 4.69) is 10.1 Å². The Kier molecular flexibility index (Phi) is 2.98. The molecule has 0 aromatic carbocycles. The summed E-state index contributed by atoms with van der Waals surface area (Å²) in [6.45, 7) is 2.28. The first-order valence-electron chi connectivity index (χ1n) is 6.25. The molecule has 3 rings (SSSR count). The van der Waals surface area contributed by atoms with E-state index < -0.39 is 0 Å². The van der Waals surface area contributed by atoms with Crippen molar-refractivity contribution in [2.75, 3.05) is 7.05 Å². The predicted molar refractivity (Wildman–Crippen MR) is 72.2 cm³/mol. The largest absolute Gasteiger partial charge is 0.364 e. The molecule has 20 heavy (non-hydrogen) atoms. The molecule has 0 saturated carbocycles. The molecule has 0 radical (unpaired) electrons. The minimum atomic E-state index is -0.130. The van der Waals surface area contributed by atoms with Crippen LogP contribution in [0.4, 0.5) is 0 Å². The molecule has 0 bridgehead atoms. The highest BCUT2D eigenvalue weighted by Gasteiger charge is 2.20. The summed E-state index contributed by atoms with van der Waals surface area (Å²) in [5.74, 6) is -0.130. The number of pyridine rings is 1. The molecular weight excluding hydrogens is 256 g/mol. The highest BCUT2D eigenvalue weighted by molar-refractivity contribution is 5.94. The molecule has 0 atom stereocenters. The number of nitrogens with zero attached hydrogens (tertiary/aromatic N) is 4. The van der Waals surface area contributed by atoms with Gasteiger partial charge in [0.2, 0.25) is 0 Å². The van der Waals surface area contributed by atoms with Gasteiger partial charge in [-0.05, 0) is 19.1 Å². The molecule has 0 aliphatic rings. The number of carbonyl (C=O) groups is 1. The lowest BCUT2D eigenvalue weighted by atomic mass is 10.3. The number of rotatable bonds is 3. The van der Waals surface area contributed by atoms with Gasteiger partial charge in [-0.15, -0.1) is 0 Å². The van der Waals surface area contributed by atoms with Gasteiger partial charge in [-0.2, -0.15) is 0 Å². The van der Waals surface area contributed by atoms with Gasteiger partial charge in [0, 0.05) is 19.3 Å². The first kappa shape index (κ1) is 12.4. The molecule has 3 heterocycles. The Balaban J connectivity index is 1.90. The molecule has 0 spiro atoms. The maximum Gasteiger partial charge on any atom is 0.274 e. The number of hydrogen-bond donors (Lipinski definition) is 0. The van der Waals surface area contributed by atoms with Crippen molar-refractivity contribution in [3.05, 3.63) is 53.8 Å². The van der Waals surface area contributed by atoms with Gasteiger partial charge in [0.05, 0.1) is 12.2 Å². The van der Waals surface area contributed by atoms with Gasteiger partial charge in [0.15, 0.2) is 0 Å². The van der Waals surface area contributed by atoms with E-state index in [1.54, 1.807) is 18.0 Å². The van der Waals surface area contributed by atoms with E-state index in [0.717, 1.165) is 11.3 Å². The molecule has 6 nitrogen and oxygen atoms in total. The third kappa shape index (κ3) is 2.05. The summed E-state index contributed by atoms with van der Waals surface area (Å²) in [4.78, 5) is 18.4. The van der Waals surface area contributed by atoms with E-state index in [1.807, 2.05) is 35.7 Å². The number of aryl methyl sites for hydroxylation is 1. The smallest absolute Gasteiger partial charge is 0.274 e. The summed E-state index contributed by atoms with van der Waals surface area (Å²) >= 11 is 0. The van der Waals surface area contributed by atoms with Gasteiger partial charge >= 0.3 is 0 Å². The predicted octanol–water partition coefficient (Wildman–Crippen LogP) is 1.90. The zero-order valence-electron chi connectivity index (χ0n) is 11.3. The Labute approximate surface area is 115 Å². The van der Waals surface area contributed by atoms with E-state index >= 15 is 0 Å². The highest BCUT2D eigenvalue weighted by atomic mass is 16.5. The SMILES string of the molecule is Cc1c(C(=O)N(C)Cc2ccon2)nc2ccccn12. The molecule has 3 aromatic rings. The van der Waals surface area contributed by atoms with Gasteiger partial charge in [0.25, 0.3) is 5.91 Å². The van der Waals surface area contributed by atoms with E-state index in [0.29, 0.717) is 17.9 Å². The Morgan fingerprint density at radius 3 is 2.95 bits per heavy atom. The van der Waals surface area contributed by atoms with Crippen LogP contribution in [0.15, 0.2) is 41.2 Å². The van der Waals surface area contributed by atoms with E-state index in [1.165, 1.54) is 6.26 Å². The first-order chi connectivity index (χ1) is 9.66. The maximum absolute atomic E-state index is 12.5. The molecule has 0 saturated heterocycles.